The minimum atomic E-state index is -3.53. The van der Waals surface area contributed by atoms with Crippen molar-refractivity contribution in [3.8, 4) is 0 Å². The lowest BCUT2D eigenvalue weighted by atomic mass is 10.2. The maximum atomic E-state index is 12.1. The molecule has 1 aromatic heterocycles. The van der Waals surface area contributed by atoms with Gasteiger partial charge in [0.2, 0.25) is 10.0 Å². The van der Waals surface area contributed by atoms with Crippen molar-refractivity contribution in [2.75, 3.05) is 19.8 Å². The Bertz CT molecular complexity index is 704. The number of fused-ring (bicyclic) bond motifs is 1. The second-order valence-corrected chi connectivity index (χ2v) is 6.24. The van der Waals surface area contributed by atoms with Crippen LogP contribution in [0.1, 0.15) is 6.92 Å². The summed E-state index contributed by atoms with van der Waals surface area (Å²) in [5.41, 5.74) is 0.658. The summed E-state index contributed by atoms with van der Waals surface area (Å²) in [6, 6.07) is 8.08. The molecule has 2 aromatic rings. The van der Waals surface area contributed by atoms with Crippen molar-refractivity contribution < 1.29 is 13.2 Å². The summed E-state index contributed by atoms with van der Waals surface area (Å²) >= 11 is 5.79. The van der Waals surface area contributed by atoms with E-state index in [2.05, 4.69) is 9.71 Å². The summed E-state index contributed by atoms with van der Waals surface area (Å²) in [6.07, 6.45) is 0. The third-order valence-electron chi connectivity index (χ3n) is 2.68. The molecule has 0 aliphatic carbocycles. The number of nitrogens with one attached hydrogen (secondary N) is 1. The van der Waals surface area contributed by atoms with Crippen molar-refractivity contribution >= 4 is 32.5 Å². The van der Waals surface area contributed by atoms with Crippen LogP contribution in [0.25, 0.3) is 10.9 Å². The molecule has 1 heterocycles. The molecule has 0 atom stereocenters. The Morgan fingerprint density at radius 2 is 2.10 bits per heavy atom. The molecule has 0 saturated carbocycles. The van der Waals surface area contributed by atoms with Gasteiger partial charge in [-0.3, -0.25) is 0 Å². The molecule has 0 aliphatic rings. The van der Waals surface area contributed by atoms with Crippen LogP contribution in [0, 0.1) is 0 Å². The van der Waals surface area contributed by atoms with Gasteiger partial charge in [-0.25, -0.2) is 18.1 Å². The normalized spacial score (nSPS) is 11.9. The molecular weight excluding hydrogens is 300 g/mol. The Morgan fingerprint density at radius 1 is 1.30 bits per heavy atom. The summed E-state index contributed by atoms with van der Waals surface area (Å²) in [4.78, 5) is 4.32. The first-order chi connectivity index (χ1) is 9.53. The number of hydrogen-bond acceptors (Lipinski definition) is 4. The molecule has 0 aliphatic heterocycles. The van der Waals surface area contributed by atoms with Gasteiger partial charge < -0.3 is 4.74 Å². The smallest absolute Gasteiger partial charge is 0.240 e. The lowest BCUT2D eigenvalue weighted by Crippen LogP contribution is -2.27. The summed E-state index contributed by atoms with van der Waals surface area (Å²) in [6.45, 7) is 3.01. The Labute approximate surface area is 123 Å². The summed E-state index contributed by atoms with van der Waals surface area (Å²) < 4.78 is 31.8. The fourth-order valence-corrected chi connectivity index (χ4v) is 2.92. The van der Waals surface area contributed by atoms with E-state index in [0.29, 0.717) is 23.9 Å². The van der Waals surface area contributed by atoms with E-state index in [0.717, 1.165) is 5.39 Å². The zero-order valence-corrected chi connectivity index (χ0v) is 12.5. The monoisotopic (exact) mass is 314 g/mol. The summed E-state index contributed by atoms with van der Waals surface area (Å²) in [7, 11) is -3.53. The van der Waals surface area contributed by atoms with Gasteiger partial charge in [0, 0.05) is 18.5 Å². The quantitative estimate of drug-likeness (QED) is 0.655. The van der Waals surface area contributed by atoms with Crippen LogP contribution in [0.5, 0.6) is 0 Å². The molecule has 1 aromatic carbocycles. The fourth-order valence-electron chi connectivity index (χ4n) is 1.72. The summed E-state index contributed by atoms with van der Waals surface area (Å²) in [5, 5.41) is 1.10. The molecule has 108 valence electrons. The number of rotatable bonds is 6. The molecule has 7 heteroatoms. The van der Waals surface area contributed by atoms with Crippen LogP contribution in [0.4, 0.5) is 0 Å². The van der Waals surface area contributed by atoms with Gasteiger partial charge in [-0.1, -0.05) is 11.6 Å². The van der Waals surface area contributed by atoms with E-state index in [9.17, 15) is 8.42 Å². The van der Waals surface area contributed by atoms with Crippen LogP contribution in [-0.2, 0) is 14.8 Å². The molecule has 0 radical (unpaired) electrons. The molecule has 1 N–H and O–H groups in total. The van der Waals surface area contributed by atoms with Gasteiger partial charge >= 0.3 is 0 Å². The van der Waals surface area contributed by atoms with E-state index in [1.165, 1.54) is 6.07 Å². The zero-order valence-electron chi connectivity index (χ0n) is 11.0. The molecular formula is C13H15ClN2O3S. The lowest BCUT2D eigenvalue weighted by molar-refractivity contribution is 0.153. The zero-order chi connectivity index (χ0) is 14.6. The fraction of sp³-hybridized carbons (Fsp3) is 0.308. The van der Waals surface area contributed by atoms with E-state index in [1.807, 2.05) is 6.92 Å². The van der Waals surface area contributed by atoms with Gasteiger partial charge in [0.05, 0.1) is 17.0 Å². The van der Waals surface area contributed by atoms with Crippen LogP contribution >= 0.6 is 11.6 Å². The van der Waals surface area contributed by atoms with Gasteiger partial charge in [-0.05, 0) is 37.3 Å². The van der Waals surface area contributed by atoms with E-state index < -0.39 is 10.0 Å². The summed E-state index contributed by atoms with van der Waals surface area (Å²) in [5.74, 6) is 0. The number of pyridine rings is 1. The maximum Gasteiger partial charge on any atom is 0.240 e. The number of halogens is 1. The lowest BCUT2D eigenvalue weighted by Gasteiger charge is -2.07. The molecule has 0 fully saturated rings. The van der Waals surface area contributed by atoms with Crippen molar-refractivity contribution in [3.63, 3.8) is 0 Å². The highest BCUT2D eigenvalue weighted by Crippen LogP contribution is 2.19. The second kappa shape index (κ2) is 6.49. The van der Waals surface area contributed by atoms with Gasteiger partial charge in [0.25, 0.3) is 0 Å². The predicted molar refractivity (Wildman–Crippen MR) is 78.4 cm³/mol. The Kier molecular flexibility index (Phi) is 4.93. The molecule has 20 heavy (non-hydrogen) atoms. The first-order valence-corrected chi connectivity index (χ1v) is 8.03. The first kappa shape index (κ1) is 15.2. The average Bonchev–Trinajstić information content (AvgIpc) is 2.43. The maximum absolute atomic E-state index is 12.1. The number of nitrogens with zero attached hydrogens (tertiary/aromatic N) is 1. The van der Waals surface area contributed by atoms with Crippen molar-refractivity contribution in [2.45, 2.75) is 11.8 Å². The number of sulfonamides is 1. The Hall–Kier alpha value is -1.21. The van der Waals surface area contributed by atoms with Gasteiger partial charge in [-0.2, -0.15) is 0 Å². The third-order valence-corrected chi connectivity index (χ3v) is 4.35. The Balaban J connectivity index is 2.21. The standard InChI is InChI=1S/C13H15ClN2O3S/c1-2-19-8-7-15-20(17,18)11-4-5-12-10(9-11)3-6-13(14)16-12/h3-6,9,15H,2,7-8H2,1H3. The van der Waals surface area contributed by atoms with Crippen molar-refractivity contribution in [3.05, 3.63) is 35.5 Å². The van der Waals surface area contributed by atoms with Gasteiger partial charge in [0.1, 0.15) is 5.15 Å². The van der Waals surface area contributed by atoms with Crippen molar-refractivity contribution in [1.82, 2.24) is 9.71 Å². The van der Waals surface area contributed by atoms with Crippen LogP contribution in [0.15, 0.2) is 35.2 Å². The molecule has 0 bridgehead atoms. The highest BCUT2D eigenvalue weighted by molar-refractivity contribution is 7.89. The Morgan fingerprint density at radius 3 is 2.85 bits per heavy atom. The molecule has 5 nitrogen and oxygen atoms in total. The number of aromatic nitrogens is 1. The van der Waals surface area contributed by atoms with Gasteiger partial charge in [-0.15, -0.1) is 0 Å². The molecule has 0 amide bonds. The number of hydrogen-bond donors (Lipinski definition) is 1. The highest BCUT2D eigenvalue weighted by atomic mass is 35.5. The molecule has 0 saturated heterocycles. The number of benzene rings is 1. The van der Waals surface area contributed by atoms with E-state index in [-0.39, 0.29) is 11.4 Å². The van der Waals surface area contributed by atoms with Crippen LogP contribution in [0.2, 0.25) is 5.15 Å². The molecule has 0 spiro atoms. The van der Waals surface area contributed by atoms with Crippen LogP contribution < -0.4 is 4.72 Å². The predicted octanol–water partition coefficient (Wildman–Crippen LogP) is 2.20. The SMILES string of the molecule is CCOCCNS(=O)(=O)c1ccc2nc(Cl)ccc2c1. The average molecular weight is 315 g/mol. The van der Waals surface area contributed by atoms with E-state index in [1.54, 1.807) is 24.3 Å². The van der Waals surface area contributed by atoms with Crippen LogP contribution in [0.3, 0.4) is 0 Å². The number of ether oxygens (including phenoxy) is 1. The van der Waals surface area contributed by atoms with Gasteiger partial charge in [0.15, 0.2) is 0 Å². The molecule has 0 unspecified atom stereocenters. The van der Waals surface area contributed by atoms with E-state index in [4.69, 9.17) is 16.3 Å². The second-order valence-electron chi connectivity index (χ2n) is 4.08. The van der Waals surface area contributed by atoms with Crippen molar-refractivity contribution in [1.29, 1.82) is 0 Å². The third kappa shape index (κ3) is 3.67. The minimum absolute atomic E-state index is 0.200. The minimum Gasteiger partial charge on any atom is -0.380 e. The van der Waals surface area contributed by atoms with E-state index >= 15 is 0 Å². The highest BCUT2D eigenvalue weighted by Gasteiger charge is 2.14. The largest absolute Gasteiger partial charge is 0.380 e. The topological polar surface area (TPSA) is 68.3 Å². The van der Waals surface area contributed by atoms with Crippen LogP contribution in [-0.4, -0.2) is 33.2 Å². The molecule has 2 rings (SSSR count). The first-order valence-electron chi connectivity index (χ1n) is 6.16. The van der Waals surface area contributed by atoms with Crippen molar-refractivity contribution in [2.24, 2.45) is 0 Å².